The van der Waals surface area contributed by atoms with E-state index in [1.165, 1.54) is 6.07 Å². The van der Waals surface area contributed by atoms with Crippen LogP contribution >= 0.6 is 10.7 Å². The first kappa shape index (κ1) is 13.7. The molecule has 4 N–H and O–H groups in total. The third-order valence-corrected chi connectivity index (χ3v) is 4.39. The number of halogens is 1. The molecular weight excluding hydrogens is 284 g/mol. The number of anilines is 2. The monoisotopic (exact) mass is 296 g/mol. The fraction of sp³-hybridized carbons (Fsp3) is 0.0769. The maximum absolute atomic E-state index is 11.6. The third kappa shape index (κ3) is 2.67. The lowest BCUT2D eigenvalue weighted by atomic mass is 10.00. The Hall–Kier alpha value is -1.72. The molecular formula is C13H13ClN2O2S. The second kappa shape index (κ2) is 4.75. The normalized spacial score (nSPS) is 11.5. The van der Waals surface area contributed by atoms with E-state index in [2.05, 4.69) is 0 Å². The molecule has 0 bridgehead atoms. The van der Waals surface area contributed by atoms with E-state index in [0.717, 1.165) is 11.1 Å². The molecule has 0 atom stereocenters. The van der Waals surface area contributed by atoms with E-state index in [0.29, 0.717) is 11.3 Å². The van der Waals surface area contributed by atoms with E-state index in [9.17, 15) is 8.42 Å². The Morgan fingerprint density at radius 2 is 1.58 bits per heavy atom. The maximum atomic E-state index is 11.6. The van der Waals surface area contributed by atoms with E-state index in [-0.39, 0.29) is 10.6 Å². The Balaban J connectivity index is 2.70. The Bertz CT molecular complexity index is 725. The van der Waals surface area contributed by atoms with Gasteiger partial charge in [-0.25, -0.2) is 8.42 Å². The highest BCUT2D eigenvalue weighted by atomic mass is 35.7. The Labute approximate surface area is 116 Å². The maximum Gasteiger partial charge on any atom is 0.263 e. The molecule has 0 aliphatic rings. The van der Waals surface area contributed by atoms with Crippen molar-refractivity contribution in [2.45, 2.75) is 11.8 Å². The van der Waals surface area contributed by atoms with Crippen molar-refractivity contribution in [2.75, 3.05) is 11.5 Å². The summed E-state index contributed by atoms with van der Waals surface area (Å²) in [5.74, 6) is 0. The van der Waals surface area contributed by atoms with Gasteiger partial charge in [-0.2, -0.15) is 0 Å². The molecule has 0 radical (unpaired) electrons. The van der Waals surface area contributed by atoms with Crippen LogP contribution in [0.4, 0.5) is 11.4 Å². The quantitative estimate of drug-likeness (QED) is 0.659. The molecule has 0 saturated heterocycles. The molecule has 0 amide bonds. The number of benzene rings is 2. The summed E-state index contributed by atoms with van der Waals surface area (Å²) < 4.78 is 23.2. The van der Waals surface area contributed by atoms with Gasteiger partial charge in [-0.05, 0) is 41.8 Å². The van der Waals surface area contributed by atoms with E-state index in [1.807, 2.05) is 12.1 Å². The fourth-order valence-electron chi connectivity index (χ4n) is 2.01. The zero-order valence-electron chi connectivity index (χ0n) is 10.2. The van der Waals surface area contributed by atoms with Crippen LogP contribution in [0, 0.1) is 6.92 Å². The van der Waals surface area contributed by atoms with Gasteiger partial charge in [0.2, 0.25) is 0 Å². The van der Waals surface area contributed by atoms with E-state index >= 15 is 0 Å². The van der Waals surface area contributed by atoms with Gasteiger partial charge in [-0.1, -0.05) is 18.2 Å². The minimum absolute atomic E-state index is 0.0384. The number of hydrogen-bond donors (Lipinski definition) is 2. The summed E-state index contributed by atoms with van der Waals surface area (Å²) in [5, 5.41) is 0. The van der Waals surface area contributed by atoms with Crippen molar-refractivity contribution in [3.05, 3.63) is 42.0 Å². The van der Waals surface area contributed by atoms with Gasteiger partial charge in [0.1, 0.15) is 4.90 Å². The molecule has 0 spiro atoms. The van der Waals surface area contributed by atoms with Crippen LogP contribution in [-0.4, -0.2) is 8.42 Å². The van der Waals surface area contributed by atoms with Crippen LogP contribution in [0.2, 0.25) is 0 Å². The Morgan fingerprint density at radius 3 is 2.11 bits per heavy atom. The van der Waals surface area contributed by atoms with Gasteiger partial charge in [-0.3, -0.25) is 0 Å². The Morgan fingerprint density at radius 1 is 1.00 bits per heavy atom. The van der Waals surface area contributed by atoms with Crippen LogP contribution in [0.3, 0.4) is 0 Å². The predicted octanol–water partition coefficient (Wildman–Crippen LogP) is 2.75. The van der Waals surface area contributed by atoms with E-state index in [1.54, 1.807) is 25.1 Å². The minimum atomic E-state index is -3.88. The molecule has 6 heteroatoms. The van der Waals surface area contributed by atoms with Gasteiger partial charge in [0.25, 0.3) is 9.05 Å². The average Bonchev–Trinajstić information content (AvgIpc) is 2.29. The molecule has 2 aromatic carbocycles. The first-order valence-corrected chi connectivity index (χ1v) is 7.81. The largest absolute Gasteiger partial charge is 0.399 e. The van der Waals surface area contributed by atoms with E-state index < -0.39 is 9.05 Å². The van der Waals surface area contributed by atoms with Crippen molar-refractivity contribution in [1.29, 1.82) is 0 Å². The standard InChI is InChI=1S/C13H13ClN2O2S/c1-8-11(9-2-4-10(15)5-3-9)6-7-12(16)13(8)19(14,17)18/h2-7H,15-16H2,1H3. The van der Waals surface area contributed by atoms with Gasteiger partial charge in [-0.15, -0.1) is 0 Å². The predicted molar refractivity (Wildman–Crippen MR) is 78.5 cm³/mol. The molecule has 0 saturated carbocycles. The van der Waals surface area contributed by atoms with Gasteiger partial charge in [0, 0.05) is 16.4 Å². The Kier molecular flexibility index (Phi) is 3.43. The van der Waals surface area contributed by atoms with Crippen molar-refractivity contribution in [1.82, 2.24) is 0 Å². The van der Waals surface area contributed by atoms with Gasteiger partial charge in [0.05, 0.1) is 5.69 Å². The molecule has 0 unspecified atom stereocenters. The van der Waals surface area contributed by atoms with Crippen molar-refractivity contribution in [3.63, 3.8) is 0 Å². The number of nitrogen functional groups attached to an aromatic ring is 2. The molecule has 19 heavy (non-hydrogen) atoms. The smallest absolute Gasteiger partial charge is 0.263 e. The summed E-state index contributed by atoms with van der Waals surface area (Å²) >= 11 is 0. The molecule has 0 fully saturated rings. The summed E-state index contributed by atoms with van der Waals surface area (Å²) in [7, 11) is 1.55. The number of rotatable bonds is 2. The molecule has 2 rings (SSSR count). The highest BCUT2D eigenvalue weighted by Crippen LogP contribution is 2.34. The SMILES string of the molecule is Cc1c(-c2ccc(N)cc2)ccc(N)c1S(=O)(=O)Cl. The fourth-order valence-corrected chi connectivity index (χ4v) is 3.45. The van der Waals surface area contributed by atoms with Crippen LogP contribution in [0.25, 0.3) is 11.1 Å². The van der Waals surface area contributed by atoms with Gasteiger partial charge in [0.15, 0.2) is 0 Å². The van der Waals surface area contributed by atoms with Crippen molar-refractivity contribution in [3.8, 4) is 11.1 Å². The highest BCUT2D eigenvalue weighted by Gasteiger charge is 2.20. The van der Waals surface area contributed by atoms with Crippen molar-refractivity contribution in [2.24, 2.45) is 0 Å². The summed E-state index contributed by atoms with van der Waals surface area (Å²) in [6.07, 6.45) is 0. The summed E-state index contributed by atoms with van der Waals surface area (Å²) in [5.41, 5.74) is 14.3. The average molecular weight is 297 g/mol. The second-order valence-electron chi connectivity index (χ2n) is 4.22. The summed E-state index contributed by atoms with van der Waals surface area (Å²) in [6, 6.07) is 10.4. The van der Waals surface area contributed by atoms with Crippen LogP contribution < -0.4 is 11.5 Å². The topological polar surface area (TPSA) is 86.2 Å². The number of nitrogens with two attached hydrogens (primary N) is 2. The van der Waals surface area contributed by atoms with Crippen LogP contribution in [-0.2, 0) is 9.05 Å². The first-order chi connectivity index (χ1) is 8.80. The lowest BCUT2D eigenvalue weighted by Gasteiger charge is -2.12. The molecule has 0 aliphatic carbocycles. The third-order valence-electron chi connectivity index (χ3n) is 2.90. The van der Waals surface area contributed by atoms with Crippen molar-refractivity contribution < 1.29 is 8.42 Å². The van der Waals surface area contributed by atoms with E-state index in [4.69, 9.17) is 22.1 Å². The van der Waals surface area contributed by atoms with Gasteiger partial charge < -0.3 is 11.5 Å². The lowest BCUT2D eigenvalue weighted by Crippen LogP contribution is -2.02. The first-order valence-electron chi connectivity index (χ1n) is 5.50. The molecule has 100 valence electrons. The molecule has 2 aromatic rings. The van der Waals surface area contributed by atoms with Crippen LogP contribution in [0.15, 0.2) is 41.3 Å². The van der Waals surface area contributed by atoms with Gasteiger partial charge >= 0.3 is 0 Å². The zero-order valence-corrected chi connectivity index (χ0v) is 11.8. The van der Waals surface area contributed by atoms with Crippen LogP contribution in [0.1, 0.15) is 5.56 Å². The highest BCUT2D eigenvalue weighted by molar-refractivity contribution is 8.14. The van der Waals surface area contributed by atoms with Crippen molar-refractivity contribution >= 4 is 31.1 Å². The molecule has 4 nitrogen and oxygen atoms in total. The molecule has 0 aliphatic heterocycles. The second-order valence-corrected chi connectivity index (χ2v) is 6.72. The minimum Gasteiger partial charge on any atom is -0.399 e. The summed E-state index contributed by atoms with van der Waals surface area (Å²) in [6.45, 7) is 1.68. The zero-order chi connectivity index (χ0) is 14.2. The summed E-state index contributed by atoms with van der Waals surface area (Å²) in [4.78, 5) is -0.0384. The number of hydrogen-bond acceptors (Lipinski definition) is 4. The molecule has 0 heterocycles. The lowest BCUT2D eigenvalue weighted by molar-refractivity contribution is 0.609. The molecule has 0 aromatic heterocycles. The van der Waals surface area contributed by atoms with Crippen LogP contribution in [0.5, 0.6) is 0 Å².